The average molecular weight is 254 g/mol. The number of rotatable bonds is 0. The molecule has 0 fully saturated rings. The van der Waals surface area contributed by atoms with Gasteiger partial charge in [0.05, 0.1) is 0 Å². The Morgan fingerprint density at radius 1 is 0.412 bits per heavy atom. The fraction of sp³-hybridized carbons (Fsp3) is 1.00. The van der Waals surface area contributed by atoms with Crippen molar-refractivity contribution in [3.05, 3.63) is 0 Å². The molecule has 0 aromatic heterocycles. The van der Waals surface area contributed by atoms with Gasteiger partial charge in [0.25, 0.3) is 0 Å². The van der Waals surface area contributed by atoms with E-state index in [0.717, 1.165) is 17.8 Å². The van der Waals surface area contributed by atoms with Gasteiger partial charge < -0.3 is 17.6 Å². The lowest BCUT2D eigenvalue weighted by Crippen LogP contribution is -1.69. The van der Waals surface area contributed by atoms with Gasteiger partial charge in [-0.25, -0.2) is 0 Å². The van der Waals surface area contributed by atoms with E-state index in [0.29, 0.717) is 0 Å². The van der Waals surface area contributed by atoms with E-state index in [1.54, 1.807) is 0 Å². The minimum Gasteiger partial charge on any atom is -0.344 e. The van der Waals surface area contributed by atoms with Gasteiger partial charge in [-0.3, -0.25) is 0 Å². The fourth-order valence-corrected chi connectivity index (χ4v) is 0. The summed E-state index contributed by atoms with van der Waals surface area (Å²) in [5.74, 6) is 2.50. The van der Waals surface area contributed by atoms with Crippen molar-refractivity contribution in [2.24, 2.45) is 29.2 Å². The molecule has 0 aliphatic heterocycles. The molecule has 0 saturated heterocycles. The van der Waals surface area contributed by atoms with Crippen molar-refractivity contribution >= 4 is 0 Å². The van der Waals surface area contributed by atoms with Crippen molar-refractivity contribution in [1.82, 2.24) is 6.15 Å². The van der Waals surface area contributed by atoms with E-state index in [2.05, 4.69) is 73.8 Å². The number of hydrogen-bond donors (Lipinski definition) is 3. The maximum atomic E-state index is 4.50. The molecule has 0 saturated carbocycles. The highest BCUT2D eigenvalue weighted by Crippen LogP contribution is 1.81. The molecule has 0 aromatic carbocycles. The molecule has 0 unspecified atom stereocenters. The second-order valence-electron chi connectivity index (χ2n) is 5.20. The summed E-state index contributed by atoms with van der Waals surface area (Å²) in [7, 11) is 3.00. The van der Waals surface area contributed by atoms with Gasteiger partial charge in [0.2, 0.25) is 0 Å². The zero-order valence-corrected chi connectivity index (χ0v) is 14.6. The van der Waals surface area contributed by atoms with Crippen LogP contribution < -0.4 is 17.6 Å². The SMILES string of the molecule is CC(C)C.CC(C)C.CC(C)C.CN.CN.N. The lowest BCUT2D eigenvalue weighted by atomic mass is 10.3. The molecule has 0 aromatic rings. The van der Waals surface area contributed by atoms with E-state index in [9.17, 15) is 0 Å². The molecule has 0 amide bonds. The standard InChI is InChI=1S/3C4H10.2CH5N.H3N/c3*1-4(2)3;2*1-2;/h3*4H,1-3H3;2*2H2,1H3;1H3. The Morgan fingerprint density at radius 3 is 0.412 bits per heavy atom. The van der Waals surface area contributed by atoms with Crippen LogP contribution in [0.1, 0.15) is 62.3 Å². The molecule has 0 rings (SSSR count). The molecule has 0 radical (unpaired) electrons. The lowest BCUT2D eigenvalue weighted by Gasteiger charge is -1.79. The van der Waals surface area contributed by atoms with Crippen LogP contribution in [0.4, 0.5) is 0 Å². The third-order valence-corrected chi connectivity index (χ3v) is 0. The molecule has 3 nitrogen and oxygen atoms in total. The zero-order chi connectivity index (χ0) is 14.7. The molecule has 17 heavy (non-hydrogen) atoms. The zero-order valence-electron chi connectivity index (χ0n) is 14.6. The highest BCUT2D eigenvalue weighted by Gasteiger charge is 1.68. The molecule has 7 N–H and O–H groups in total. The molecular weight excluding hydrogens is 210 g/mol. The number of nitrogens with two attached hydrogens (primary N) is 2. The van der Waals surface area contributed by atoms with Crippen LogP contribution in [-0.4, -0.2) is 14.1 Å². The number of hydrogen-bond acceptors (Lipinski definition) is 3. The van der Waals surface area contributed by atoms with E-state index in [-0.39, 0.29) is 6.15 Å². The van der Waals surface area contributed by atoms with E-state index < -0.39 is 0 Å². The Hall–Kier alpha value is -0.120. The second-order valence-corrected chi connectivity index (χ2v) is 5.20. The van der Waals surface area contributed by atoms with Crippen LogP contribution in [-0.2, 0) is 0 Å². The second kappa shape index (κ2) is 44.6. The summed E-state index contributed by atoms with van der Waals surface area (Å²) in [6.07, 6.45) is 0. The first kappa shape index (κ1) is 36.0. The van der Waals surface area contributed by atoms with Gasteiger partial charge in [-0.15, -0.1) is 0 Å². The smallest absolute Gasteiger partial charge is 0.0195 e. The normalized spacial score (nSPS) is 7.06. The third-order valence-electron chi connectivity index (χ3n) is 0. The highest BCUT2D eigenvalue weighted by molar-refractivity contribution is 4.21. The quantitative estimate of drug-likeness (QED) is 0.601. The van der Waals surface area contributed by atoms with E-state index in [1.807, 2.05) is 0 Å². The van der Waals surface area contributed by atoms with Gasteiger partial charge in [0.15, 0.2) is 0 Å². The molecule has 0 bridgehead atoms. The summed E-state index contributed by atoms with van der Waals surface area (Å²) >= 11 is 0. The topological polar surface area (TPSA) is 87.0 Å². The predicted octanol–water partition coefficient (Wildman–Crippen LogP) is 4.30. The molecule has 0 atom stereocenters. The fourth-order valence-electron chi connectivity index (χ4n) is 0. The van der Waals surface area contributed by atoms with Gasteiger partial charge in [0, 0.05) is 0 Å². The van der Waals surface area contributed by atoms with Crippen LogP contribution >= 0.6 is 0 Å². The molecular formula is C14H43N3. The lowest BCUT2D eigenvalue weighted by molar-refractivity contribution is 0.736. The van der Waals surface area contributed by atoms with Crippen LogP contribution in [0.25, 0.3) is 0 Å². The average Bonchev–Trinajstić information content (AvgIpc) is 2.07. The van der Waals surface area contributed by atoms with Gasteiger partial charge in [-0.2, -0.15) is 0 Å². The summed E-state index contributed by atoms with van der Waals surface area (Å²) in [4.78, 5) is 0. The largest absolute Gasteiger partial charge is 0.344 e. The summed E-state index contributed by atoms with van der Waals surface area (Å²) in [5.41, 5.74) is 9.00. The summed E-state index contributed by atoms with van der Waals surface area (Å²) < 4.78 is 0. The maximum Gasteiger partial charge on any atom is -0.0195 e. The van der Waals surface area contributed by atoms with Crippen molar-refractivity contribution in [3.63, 3.8) is 0 Å². The van der Waals surface area contributed by atoms with Crippen molar-refractivity contribution in [1.29, 1.82) is 0 Å². The highest BCUT2D eigenvalue weighted by atomic mass is 14.4. The molecule has 0 heterocycles. The molecule has 0 spiro atoms. The monoisotopic (exact) mass is 253 g/mol. The van der Waals surface area contributed by atoms with E-state index >= 15 is 0 Å². The maximum absolute atomic E-state index is 4.50. The van der Waals surface area contributed by atoms with Crippen molar-refractivity contribution < 1.29 is 0 Å². The molecule has 114 valence electrons. The third kappa shape index (κ3) is 212000. The van der Waals surface area contributed by atoms with E-state index in [1.165, 1.54) is 14.1 Å². The first-order valence-corrected chi connectivity index (χ1v) is 6.35. The van der Waals surface area contributed by atoms with Crippen LogP contribution in [0.3, 0.4) is 0 Å². The molecule has 0 aliphatic rings. The Bertz CT molecular complexity index is 40.0. The minimum atomic E-state index is 0. The van der Waals surface area contributed by atoms with Crippen LogP contribution in [0.5, 0.6) is 0 Å². The van der Waals surface area contributed by atoms with Crippen LogP contribution in [0, 0.1) is 17.8 Å². The predicted molar refractivity (Wildman–Crippen MR) is 86.8 cm³/mol. The Kier molecular flexibility index (Phi) is 94.3. The van der Waals surface area contributed by atoms with Crippen LogP contribution in [0.15, 0.2) is 0 Å². The first-order chi connectivity index (χ1) is 7.20. The first-order valence-electron chi connectivity index (χ1n) is 6.35. The van der Waals surface area contributed by atoms with Gasteiger partial charge in [-0.05, 0) is 31.8 Å². The summed E-state index contributed by atoms with van der Waals surface area (Å²) in [6, 6.07) is 0. The van der Waals surface area contributed by atoms with Crippen molar-refractivity contribution in [3.8, 4) is 0 Å². The minimum absolute atomic E-state index is 0. The van der Waals surface area contributed by atoms with Gasteiger partial charge in [-0.1, -0.05) is 62.3 Å². The Labute approximate surface area is 112 Å². The molecule has 0 aliphatic carbocycles. The van der Waals surface area contributed by atoms with Crippen molar-refractivity contribution in [2.45, 2.75) is 62.3 Å². The van der Waals surface area contributed by atoms with Crippen molar-refractivity contribution in [2.75, 3.05) is 14.1 Å². The van der Waals surface area contributed by atoms with E-state index in [4.69, 9.17) is 0 Å². The Morgan fingerprint density at radius 2 is 0.412 bits per heavy atom. The molecule has 3 heteroatoms. The van der Waals surface area contributed by atoms with Gasteiger partial charge >= 0.3 is 0 Å². The summed E-state index contributed by atoms with van der Waals surface area (Å²) in [6.45, 7) is 19.5. The van der Waals surface area contributed by atoms with Crippen LogP contribution in [0.2, 0.25) is 0 Å². The van der Waals surface area contributed by atoms with Gasteiger partial charge in [0.1, 0.15) is 0 Å². The summed E-state index contributed by atoms with van der Waals surface area (Å²) in [5, 5.41) is 0. The Balaban J connectivity index is -0.0000000227.